The normalized spacial score (nSPS) is 9.85. The van der Waals surface area contributed by atoms with Gasteiger partial charge in [-0.15, -0.1) is 0 Å². The van der Waals surface area contributed by atoms with Crippen molar-refractivity contribution in [3.63, 3.8) is 0 Å². The zero-order valence-electron chi connectivity index (χ0n) is 6.84. The molecule has 0 saturated heterocycles. The molecule has 0 radical (unpaired) electrons. The summed E-state index contributed by atoms with van der Waals surface area (Å²) in [7, 11) is 0. The standard InChI is InChI=1S/C8H8N4O/c1-3-9-8(10-4-1)11-6-7-2-5-12-13-7/h1-5H,6H2,(H,9,10,11). The summed E-state index contributed by atoms with van der Waals surface area (Å²) in [5, 5.41) is 6.57. The predicted octanol–water partition coefficient (Wildman–Crippen LogP) is 1.08. The van der Waals surface area contributed by atoms with E-state index in [9.17, 15) is 0 Å². The van der Waals surface area contributed by atoms with Crippen molar-refractivity contribution in [1.82, 2.24) is 15.1 Å². The lowest BCUT2D eigenvalue weighted by molar-refractivity contribution is 0.388. The molecule has 0 amide bonds. The number of nitrogens with one attached hydrogen (secondary N) is 1. The van der Waals surface area contributed by atoms with Gasteiger partial charge in [0, 0.05) is 18.5 Å². The Morgan fingerprint density at radius 2 is 2.08 bits per heavy atom. The van der Waals surface area contributed by atoms with E-state index in [0.717, 1.165) is 5.76 Å². The summed E-state index contributed by atoms with van der Waals surface area (Å²) >= 11 is 0. The van der Waals surface area contributed by atoms with Crippen LogP contribution >= 0.6 is 0 Å². The maximum atomic E-state index is 4.89. The van der Waals surface area contributed by atoms with Gasteiger partial charge in [0.05, 0.1) is 12.7 Å². The monoisotopic (exact) mass is 176 g/mol. The van der Waals surface area contributed by atoms with Gasteiger partial charge in [-0.3, -0.25) is 0 Å². The van der Waals surface area contributed by atoms with Crippen LogP contribution in [0.25, 0.3) is 0 Å². The zero-order valence-corrected chi connectivity index (χ0v) is 6.84. The second-order valence-electron chi connectivity index (χ2n) is 2.40. The highest BCUT2D eigenvalue weighted by Crippen LogP contribution is 2.00. The van der Waals surface area contributed by atoms with Crippen molar-refractivity contribution >= 4 is 5.95 Å². The van der Waals surface area contributed by atoms with Gasteiger partial charge in [-0.1, -0.05) is 5.16 Å². The minimum atomic E-state index is 0.546. The number of aromatic nitrogens is 3. The Balaban J connectivity index is 1.94. The number of anilines is 1. The number of rotatable bonds is 3. The summed E-state index contributed by atoms with van der Waals surface area (Å²) in [4.78, 5) is 7.99. The van der Waals surface area contributed by atoms with Gasteiger partial charge in [0.15, 0.2) is 5.76 Å². The molecule has 0 aliphatic carbocycles. The molecule has 0 atom stereocenters. The van der Waals surface area contributed by atoms with E-state index in [0.29, 0.717) is 12.5 Å². The van der Waals surface area contributed by atoms with E-state index in [1.54, 1.807) is 30.7 Å². The quantitative estimate of drug-likeness (QED) is 0.758. The van der Waals surface area contributed by atoms with Gasteiger partial charge >= 0.3 is 0 Å². The van der Waals surface area contributed by atoms with Crippen LogP contribution in [0.4, 0.5) is 5.95 Å². The molecule has 13 heavy (non-hydrogen) atoms. The molecule has 2 aromatic heterocycles. The van der Waals surface area contributed by atoms with Gasteiger partial charge in [0.1, 0.15) is 0 Å². The predicted molar refractivity (Wildman–Crippen MR) is 45.9 cm³/mol. The van der Waals surface area contributed by atoms with Crippen LogP contribution < -0.4 is 5.32 Å². The van der Waals surface area contributed by atoms with Crippen LogP contribution in [-0.2, 0) is 6.54 Å². The molecule has 0 spiro atoms. The highest BCUT2D eigenvalue weighted by Gasteiger charge is 1.97. The first-order valence-electron chi connectivity index (χ1n) is 3.85. The molecule has 2 heterocycles. The molecule has 0 saturated carbocycles. The lowest BCUT2D eigenvalue weighted by Gasteiger charge is -1.99. The third kappa shape index (κ3) is 2.02. The first-order valence-corrected chi connectivity index (χ1v) is 3.85. The van der Waals surface area contributed by atoms with Gasteiger partial charge < -0.3 is 9.84 Å². The second-order valence-corrected chi connectivity index (χ2v) is 2.40. The fourth-order valence-electron chi connectivity index (χ4n) is 0.890. The molecular formula is C8H8N4O. The molecule has 0 aliphatic rings. The van der Waals surface area contributed by atoms with Crippen molar-refractivity contribution in [1.29, 1.82) is 0 Å². The molecular weight excluding hydrogens is 168 g/mol. The largest absolute Gasteiger partial charge is 0.360 e. The Bertz CT molecular complexity index is 346. The Morgan fingerprint density at radius 1 is 1.23 bits per heavy atom. The van der Waals surface area contributed by atoms with E-state index in [1.165, 1.54) is 0 Å². The summed E-state index contributed by atoms with van der Waals surface area (Å²) < 4.78 is 4.89. The van der Waals surface area contributed by atoms with E-state index in [2.05, 4.69) is 20.4 Å². The molecule has 2 rings (SSSR count). The molecule has 5 nitrogen and oxygen atoms in total. The third-order valence-corrected chi connectivity index (χ3v) is 1.48. The van der Waals surface area contributed by atoms with E-state index in [1.807, 2.05) is 0 Å². The van der Waals surface area contributed by atoms with Crippen molar-refractivity contribution in [2.75, 3.05) is 5.32 Å². The van der Waals surface area contributed by atoms with Crippen LogP contribution in [0.1, 0.15) is 5.76 Å². The summed E-state index contributed by atoms with van der Waals surface area (Å²) in [6, 6.07) is 3.55. The topological polar surface area (TPSA) is 63.8 Å². The first-order chi connectivity index (χ1) is 6.45. The lowest BCUT2D eigenvalue weighted by Crippen LogP contribution is -2.01. The Hall–Kier alpha value is -1.91. The summed E-state index contributed by atoms with van der Waals surface area (Å²) in [6.45, 7) is 0.546. The van der Waals surface area contributed by atoms with Crippen LogP contribution in [0.15, 0.2) is 35.2 Å². The average molecular weight is 176 g/mol. The van der Waals surface area contributed by atoms with E-state index >= 15 is 0 Å². The van der Waals surface area contributed by atoms with Crippen molar-refractivity contribution in [2.45, 2.75) is 6.54 Å². The van der Waals surface area contributed by atoms with Crippen LogP contribution in [0.3, 0.4) is 0 Å². The number of nitrogens with zero attached hydrogens (tertiary/aromatic N) is 3. The Labute approximate surface area is 74.8 Å². The maximum absolute atomic E-state index is 4.89. The molecule has 5 heteroatoms. The highest BCUT2D eigenvalue weighted by atomic mass is 16.5. The summed E-state index contributed by atoms with van der Waals surface area (Å²) in [5.74, 6) is 1.34. The highest BCUT2D eigenvalue weighted by molar-refractivity contribution is 5.22. The van der Waals surface area contributed by atoms with Gasteiger partial charge in [-0.25, -0.2) is 9.97 Å². The van der Waals surface area contributed by atoms with Crippen molar-refractivity contribution < 1.29 is 4.52 Å². The number of hydrogen-bond acceptors (Lipinski definition) is 5. The van der Waals surface area contributed by atoms with Crippen molar-refractivity contribution in [2.24, 2.45) is 0 Å². The Morgan fingerprint density at radius 3 is 2.77 bits per heavy atom. The SMILES string of the molecule is c1cnc(NCc2ccno2)nc1. The molecule has 1 N–H and O–H groups in total. The maximum Gasteiger partial charge on any atom is 0.222 e. The summed E-state index contributed by atoms with van der Waals surface area (Å²) in [5.41, 5.74) is 0. The summed E-state index contributed by atoms with van der Waals surface area (Å²) in [6.07, 6.45) is 4.95. The second kappa shape index (κ2) is 3.66. The van der Waals surface area contributed by atoms with Gasteiger partial charge in [0.25, 0.3) is 0 Å². The average Bonchev–Trinajstić information content (AvgIpc) is 2.69. The molecule has 2 aromatic rings. The molecule has 0 fully saturated rings. The molecule has 66 valence electrons. The van der Waals surface area contributed by atoms with E-state index < -0.39 is 0 Å². The molecule has 0 bridgehead atoms. The van der Waals surface area contributed by atoms with Gasteiger partial charge in [0.2, 0.25) is 5.95 Å². The number of hydrogen-bond donors (Lipinski definition) is 1. The van der Waals surface area contributed by atoms with Crippen LogP contribution in [0, 0.1) is 0 Å². The van der Waals surface area contributed by atoms with Gasteiger partial charge in [-0.05, 0) is 6.07 Å². The van der Waals surface area contributed by atoms with Crippen LogP contribution in [0.5, 0.6) is 0 Å². The minimum absolute atomic E-state index is 0.546. The molecule has 0 unspecified atom stereocenters. The molecule has 0 aliphatic heterocycles. The van der Waals surface area contributed by atoms with Gasteiger partial charge in [-0.2, -0.15) is 0 Å². The third-order valence-electron chi connectivity index (χ3n) is 1.48. The van der Waals surface area contributed by atoms with Crippen molar-refractivity contribution in [3.05, 3.63) is 36.5 Å². The van der Waals surface area contributed by atoms with E-state index in [4.69, 9.17) is 4.52 Å². The smallest absolute Gasteiger partial charge is 0.222 e. The fraction of sp³-hybridized carbons (Fsp3) is 0.125. The zero-order chi connectivity index (χ0) is 8.93. The van der Waals surface area contributed by atoms with Crippen LogP contribution in [-0.4, -0.2) is 15.1 Å². The molecule has 0 aromatic carbocycles. The van der Waals surface area contributed by atoms with Crippen molar-refractivity contribution in [3.8, 4) is 0 Å². The van der Waals surface area contributed by atoms with E-state index in [-0.39, 0.29) is 0 Å². The first kappa shape index (κ1) is 7.72. The lowest BCUT2D eigenvalue weighted by atomic mass is 10.4. The minimum Gasteiger partial charge on any atom is -0.360 e. The Kier molecular flexibility index (Phi) is 2.18. The fourth-order valence-corrected chi connectivity index (χ4v) is 0.890. The van der Waals surface area contributed by atoms with Crippen LogP contribution in [0.2, 0.25) is 0 Å².